The molecule has 1 aromatic heterocycles. The third-order valence-electron chi connectivity index (χ3n) is 1.63. The van der Waals surface area contributed by atoms with Crippen LogP contribution in [0, 0.1) is 0 Å². The van der Waals surface area contributed by atoms with E-state index in [-0.39, 0.29) is 0 Å². The molecule has 13 heavy (non-hydrogen) atoms. The number of aliphatic hydroxyl groups is 1. The molecule has 0 amide bonds. The Kier molecular flexibility index (Phi) is 3.79. The second-order valence-corrected chi connectivity index (χ2v) is 2.38. The third kappa shape index (κ3) is 2.46. The Morgan fingerprint density at radius 1 is 0.923 bits per heavy atom. The zero-order chi connectivity index (χ0) is 9.52. The van der Waals surface area contributed by atoms with E-state index in [0.29, 0.717) is 0 Å². The van der Waals surface area contributed by atoms with Crippen LogP contribution in [0.5, 0.6) is 0 Å². The SMILES string of the molecule is CO.c1ccc(-c2ccoc2)cc1. The third-order valence-corrected chi connectivity index (χ3v) is 1.63. The van der Waals surface area contributed by atoms with E-state index in [4.69, 9.17) is 9.52 Å². The molecule has 2 aromatic rings. The summed E-state index contributed by atoms with van der Waals surface area (Å²) < 4.78 is 4.97. The Labute approximate surface area is 77.4 Å². The fourth-order valence-electron chi connectivity index (χ4n) is 1.06. The molecule has 0 bridgehead atoms. The summed E-state index contributed by atoms with van der Waals surface area (Å²) in [5.41, 5.74) is 2.33. The van der Waals surface area contributed by atoms with Crippen LogP contribution in [0.4, 0.5) is 0 Å². The second kappa shape index (κ2) is 5.17. The zero-order valence-electron chi connectivity index (χ0n) is 7.47. The molecule has 0 fully saturated rings. The van der Waals surface area contributed by atoms with Gasteiger partial charge in [-0.1, -0.05) is 30.3 Å². The largest absolute Gasteiger partial charge is 0.472 e. The van der Waals surface area contributed by atoms with Gasteiger partial charge in [0.2, 0.25) is 0 Å². The lowest BCUT2D eigenvalue weighted by Crippen LogP contribution is -1.69. The van der Waals surface area contributed by atoms with Gasteiger partial charge in [0.05, 0.1) is 12.5 Å². The summed E-state index contributed by atoms with van der Waals surface area (Å²) in [5.74, 6) is 0. The molecule has 0 radical (unpaired) electrons. The maximum atomic E-state index is 7.00. The molecule has 0 saturated carbocycles. The smallest absolute Gasteiger partial charge is 0.0980 e. The first-order valence-corrected chi connectivity index (χ1v) is 3.99. The molecule has 0 atom stereocenters. The van der Waals surface area contributed by atoms with E-state index in [0.717, 1.165) is 12.7 Å². The monoisotopic (exact) mass is 176 g/mol. The minimum absolute atomic E-state index is 1.00. The van der Waals surface area contributed by atoms with Crippen molar-refractivity contribution in [3.8, 4) is 11.1 Å². The number of rotatable bonds is 1. The quantitative estimate of drug-likeness (QED) is 0.724. The van der Waals surface area contributed by atoms with Gasteiger partial charge in [0.15, 0.2) is 0 Å². The van der Waals surface area contributed by atoms with Crippen molar-refractivity contribution in [1.29, 1.82) is 0 Å². The first-order valence-electron chi connectivity index (χ1n) is 3.99. The van der Waals surface area contributed by atoms with Gasteiger partial charge in [-0.3, -0.25) is 0 Å². The predicted molar refractivity (Wildman–Crippen MR) is 52.3 cm³/mol. The zero-order valence-corrected chi connectivity index (χ0v) is 7.47. The van der Waals surface area contributed by atoms with E-state index in [1.807, 2.05) is 24.3 Å². The highest BCUT2D eigenvalue weighted by Crippen LogP contribution is 2.18. The first-order chi connectivity index (χ1) is 6.47. The topological polar surface area (TPSA) is 33.4 Å². The molecule has 68 valence electrons. The van der Waals surface area contributed by atoms with E-state index in [9.17, 15) is 0 Å². The number of hydrogen-bond acceptors (Lipinski definition) is 2. The summed E-state index contributed by atoms with van der Waals surface area (Å²) in [5, 5.41) is 7.00. The van der Waals surface area contributed by atoms with Crippen molar-refractivity contribution >= 4 is 0 Å². The second-order valence-electron chi connectivity index (χ2n) is 2.38. The van der Waals surface area contributed by atoms with Gasteiger partial charge in [0.25, 0.3) is 0 Å². The van der Waals surface area contributed by atoms with Crippen molar-refractivity contribution in [2.45, 2.75) is 0 Å². The van der Waals surface area contributed by atoms with Gasteiger partial charge in [0.1, 0.15) is 0 Å². The fourth-order valence-corrected chi connectivity index (χ4v) is 1.06. The Hall–Kier alpha value is -1.54. The molecule has 2 rings (SSSR count). The number of hydrogen-bond donors (Lipinski definition) is 1. The van der Waals surface area contributed by atoms with E-state index in [1.54, 1.807) is 12.5 Å². The van der Waals surface area contributed by atoms with E-state index in [2.05, 4.69) is 12.1 Å². The van der Waals surface area contributed by atoms with Gasteiger partial charge < -0.3 is 9.52 Å². The molecule has 2 heteroatoms. The minimum atomic E-state index is 1.00. The van der Waals surface area contributed by atoms with Gasteiger partial charge in [0, 0.05) is 12.7 Å². The molecule has 0 aliphatic rings. The van der Waals surface area contributed by atoms with Gasteiger partial charge in [-0.25, -0.2) is 0 Å². The Balaban J connectivity index is 0.000000396. The first kappa shape index (κ1) is 9.55. The van der Waals surface area contributed by atoms with Gasteiger partial charge in [-0.15, -0.1) is 0 Å². The van der Waals surface area contributed by atoms with Crippen molar-refractivity contribution in [2.75, 3.05) is 7.11 Å². The highest BCUT2D eigenvalue weighted by Gasteiger charge is 1.94. The lowest BCUT2D eigenvalue weighted by atomic mass is 10.1. The van der Waals surface area contributed by atoms with E-state index >= 15 is 0 Å². The molecule has 0 saturated heterocycles. The summed E-state index contributed by atoms with van der Waals surface area (Å²) in [4.78, 5) is 0. The van der Waals surface area contributed by atoms with Crippen LogP contribution < -0.4 is 0 Å². The molecule has 0 aliphatic heterocycles. The number of aliphatic hydroxyl groups excluding tert-OH is 1. The summed E-state index contributed by atoms with van der Waals surface area (Å²) in [6.07, 6.45) is 3.43. The predicted octanol–water partition coefficient (Wildman–Crippen LogP) is 2.56. The maximum absolute atomic E-state index is 7.00. The maximum Gasteiger partial charge on any atom is 0.0980 e. The van der Waals surface area contributed by atoms with Crippen LogP contribution in [-0.4, -0.2) is 12.2 Å². The van der Waals surface area contributed by atoms with Crippen LogP contribution in [0.25, 0.3) is 11.1 Å². The lowest BCUT2D eigenvalue weighted by Gasteiger charge is -1.92. The highest BCUT2D eigenvalue weighted by atomic mass is 16.3. The standard InChI is InChI=1S/C10H8O.CH4O/c1-2-4-9(5-3-1)10-6-7-11-8-10;1-2/h1-8H;2H,1H3. The van der Waals surface area contributed by atoms with Crippen LogP contribution in [0.2, 0.25) is 0 Å². The summed E-state index contributed by atoms with van der Waals surface area (Å²) in [6.45, 7) is 0. The molecule has 1 heterocycles. The molecule has 2 nitrogen and oxygen atoms in total. The Morgan fingerprint density at radius 3 is 2.15 bits per heavy atom. The average Bonchev–Trinajstić information content (AvgIpc) is 2.75. The van der Waals surface area contributed by atoms with Crippen molar-refractivity contribution in [3.63, 3.8) is 0 Å². The van der Waals surface area contributed by atoms with Crippen LogP contribution in [-0.2, 0) is 0 Å². The average molecular weight is 176 g/mol. The van der Waals surface area contributed by atoms with Crippen molar-refractivity contribution in [1.82, 2.24) is 0 Å². The Morgan fingerprint density at radius 2 is 1.62 bits per heavy atom. The molecular weight excluding hydrogens is 164 g/mol. The Bertz CT molecular complexity index is 311. The van der Waals surface area contributed by atoms with Crippen LogP contribution in [0.15, 0.2) is 53.3 Å². The van der Waals surface area contributed by atoms with Crippen LogP contribution in [0.1, 0.15) is 0 Å². The highest BCUT2D eigenvalue weighted by molar-refractivity contribution is 5.61. The lowest BCUT2D eigenvalue weighted by molar-refractivity contribution is 0.399. The molecule has 0 aliphatic carbocycles. The minimum Gasteiger partial charge on any atom is -0.472 e. The summed E-state index contributed by atoms with van der Waals surface area (Å²) in [6, 6.07) is 12.1. The molecule has 0 unspecified atom stereocenters. The number of benzene rings is 1. The normalized spacial score (nSPS) is 8.77. The molecule has 0 spiro atoms. The van der Waals surface area contributed by atoms with Gasteiger partial charge in [-0.2, -0.15) is 0 Å². The van der Waals surface area contributed by atoms with E-state index in [1.165, 1.54) is 5.56 Å². The van der Waals surface area contributed by atoms with Crippen molar-refractivity contribution < 1.29 is 9.52 Å². The molecular formula is C11H12O2. The van der Waals surface area contributed by atoms with E-state index < -0.39 is 0 Å². The molecule has 1 aromatic carbocycles. The van der Waals surface area contributed by atoms with Gasteiger partial charge in [-0.05, 0) is 11.6 Å². The fraction of sp³-hybridized carbons (Fsp3) is 0.0909. The van der Waals surface area contributed by atoms with Crippen molar-refractivity contribution in [3.05, 3.63) is 48.9 Å². The number of furan rings is 1. The van der Waals surface area contributed by atoms with Gasteiger partial charge >= 0.3 is 0 Å². The summed E-state index contributed by atoms with van der Waals surface area (Å²) in [7, 11) is 1.00. The van der Waals surface area contributed by atoms with Crippen LogP contribution in [0.3, 0.4) is 0 Å². The summed E-state index contributed by atoms with van der Waals surface area (Å²) >= 11 is 0. The van der Waals surface area contributed by atoms with Crippen molar-refractivity contribution in [2.24, 2.45) is 0 Å². The molecule has 1 N–H and O–H groups in total. The van der Waals surface area contributed by atoms with Crippen LogP contribution >= 0.6 is 0 Å².